The van der Waals surface area contributed by atoms with Gasteiger partial charge in [-0.1, -0.05) is 24.3 Å². The zero-order valence-electron chi connectivity index (χ0n) is 10.0. The van der Waals surface area contributed by atoms with Gasteiger partial charge in [-0.25, -0.2) is 9.97 Å². The van der Waals surface area contributed by atoms with Gasteiger partial charge in [0, 0.05) is 23.2 Å². The maximum Gasteiger partial charge on any atom is 0.314 e. The summed E-state index contributed by atoms with van der Waals surface area (Å²) >= 11 is 0. The first-order valence-electron chi connectivity index (χ1n) is 5.57. The van der Waals surface area contributed by atoms with Crippen LogP contribution in [0.15, 0.2) is 47.8 Å². The Hall–Kier alpha value is -2.45. The molecule has 0 saturated heterocycles. The van der Waals surface area contributed by atoms with Gasteiger partial charge in [0.2, 0.25) is 5.03 Å². The third kappa shape index (κ3) is 2.10. The Labute approximate surface area is 114 Å². The Bertz CT molecular complexity index is 882. The predicted octanol–water partition coefficient (Wildman–Crippen LogP) is 1.33. The van der Waals surface area contributed by atoms with E-state index < -0.39 is 15.1 Å². The van der Waals surface area contributed by atoms with Gasteiger partial charge >= 0.3 is 10.1 Å². The standard InChI is InChI=1S/C12H8N4O3S/c17-20(18,19)12-9-5-2-1-4-8(9)10(15-16-12)11-13-6-3-7-14-11/h1-7H,(H,17,18,19). The minimum atomic E-state index is -4.44. The summed E-state index contributed by atoms with van der Waals surface area (Å²) in [6.45, 7) is 0. The molecule has 0 aliphatic carbocycles. The minimum absolute atomic E-state index is 0.271. The van der Waals surface area contributed by atoms with E-state index in [1.165, 1.54) is 0 Å². The smallest absolute Gasteiger partial charge is 0.281 e. The van der Waals surface area contributed by atoms with Gasteiger partial charge in [-0.05, 0) is 6.07 Å². The van der Waals surface area contributed by atoms with Gasteiger partial charge in [0.1, 0.15) is 5.69 Å². The van der Waals surface area contributed by atoms with Gasteiger partial charge in [0.25, 0.3) is 0 Å². The first kappa shape index (κ1) is 12.6. The predicted molar refractivity (Wildman–Crippen MR) is 70.4 cm³/mol. The van der Waals surface area contributed by atoms with Crippen LogP contribution in [0, 0.1) is 0 Å². The number of hydrogen-bond donors (Lipinski definition) is 1. The van der Waals surface area contributed by atoms with Crippen molar-refractivity contribution in [2.24, 2.45) is 0 Å². The van der Waals surface area contributed by atoms with E-state index in [-0.39, 0.29) is 5.39 Å². The van der Waals surface area contributed by atoms with Crippen molar-refractivity contribution in [2.75, 3.05) is 0 Å². The highest BCUT2D eigenvalue weighted by Crippen LogP contribution is 2.26. The fourth-order valence-corrected chi connectivity index (χ4v) is 2.46. The van der Waals surface area contributed by atoms with Gasteiger partial charge in [0.15, 0.2) is 5.82 Å². The number of fused-ring (bicyclic) bond motifs is 1. The van der Waals surface area contributed by atoms with E-state index in [4.69, 9.17) is 0 Å². The van der Waals surface area contributed by atoms with Crippen molar-refractivity contribution in [3.05, 3.63) is 42.7 Å². The molecule has 0 unspecified atom stereocenters. The number of aromatic nitrogens is 4. The van der Waals surface area contributed by atoms with E-state index >= 15 is 0 Å². The lowest BCUT2D eigenvalue weighted by Crippen LogP contribution is -2.06. The van der Waals surface area contributed by atoms with Gasteiger partial charge in [-0.15, -0.1) is 10.2 Å². The van der Waals surface area contributed by atoms with Crippen molar-refractivity contribution < 1.29 is 13.0 Å². The fraction of sp³-hybridized carbons (Fsp3) is 0. The van der Waals surface area contributed by atoms with Crippen molar-refractivity contribution in [2.45, 2.75) is 5.03 Å². The molecule has 100 valence electrons. The van der Waals surface area contributed by atoms with Crippen LogP contribution in [0.3, 0.4) is 0 Å². The first-order valence-corrected chi connectivity index (χ1v) is 7.01. The lowest BCUT2D eigenvalue weighted by molar-refractivity contribution is 0.479. The molecule has 8 heteroatoms. The fourth-order valence-electron chi connectivity index (χ4n) is 1.86. The summed E-state index contributed by atoms with van der Waals surface area (Å²) in [5.74, 6) is 0.332. The summed E-state index contributed by atoms with van der Waals surface area (Å²) in [6, 6.07) is 8.24. The quantitative estimate of drug-likeness (QED) is 0.709. The lowest BCUT2D eigenvalue weighted by atomic mass is 10.1. The van der Waals surface area contributed by atoms with Crippen LogP contribution in [-0.2, 0) is 10.1 Å². The third-order valence-corrected chi connectivity index (χ3v) is 3.47. The van der Waals surface area contributed by atoms with E-state index in [0.717, 1.165) is 0 Å². The van der Waals surface area contributed by atoms with Gasteiger partial charge in [-0.3, -0.25) is 4.55 Å². The Balaban J connectivity index is 2.39. The molecule has 0 bridgehead atoms. The van der Waals surface area contributed by atoms with E-state index in [0.29, 0.717) is 16.9 Å². The highest BCUT2D eigenvalue weighted by molar-refractivity contribution is 7.86. The molecule has 0 amide bonds. The summed E-state index contributed by atoms with van der Waals surface area (Å²) in [5.41, 5.74) is 0.355. The second-order valence-corrected chi connectivity index (χ2v) is 5.28. The molecule has 20 heavy (non-hydrogen) atoms. The molecule has 1 aromatic carbocycles. The normalized spacial score (nSPS) is 11.7. The highest BCUT2D eigenvalue weighted by Gasteiger charge is 2.20. The number of rotatable bonds is 2. The average Bonchev–Trinajstić information content (AvgIpc) is 2.46. The summed E-state index contributed by atoms with van der Waals surface area (Å²) in [6.07, 6.45) is 3.10. The molecule has 1 N–H and O–H groups in total. The monoisotopic (exact) mass is 288 g/mol. The molecular formula is C12H8N4O3S. The SMILES string of the molecule is O=S(=O)(O)c1nnc(-c2ncccn2)c2ccccc12. The molecular weight excluding hydrogens is 280 g/mol. The summed E-state index contributed by atoms with van der Waals surface area (Å²) in [5, 5.41) is 7.71. The Kier molecular flexibility index (Phi) is 2.88. The molecule has 0 radical (unpaired) electrons. The van der Waals surface area contributed by atoms with Crippen LogP contribution in [0.5, 0.6) is 0 Å². The van der Waals surface area contributed by atoms with E-state index in [9.17, 15) is 13.0 Å². The van der Waals surface area contributed by atoms with Gasteiger partial charge in [-0.2, -0.15) is 8.42 Å². The third-order valence-electron chi connectivity index (χ3n) is 2.68. The largest absolute Gasteiger partial charge is 0.314 e. The van der Waals surface area contributed by atoms with Crippen molar-refractivity contribution in [3.63, 3.8) is 0 Å². The molecule has 3 aromatic rings. The first-order chi connectivity index (χ1) is 9.57. The van der Waals surface area contributed by atoms with Gasteiger partial charge in [0.05, 0.1) is 0 Å². The molecule has 0 aliphatic heterocycles. The van der Waals surface area contributed by atoms with Crippen molar-refractivity contribution in [3.8, 4) is 11.5 Å². The van der Waals surface area contributed by atoms with E-state index in [1.54, 1.807) is 42.7 Å². The summed E-state index contributed by atoms with van der Waals surface area (Å²) in [7, 11) is -4.44. The molecule has 0 spiro atoms. The molecule has 3 rings (SSSR count). The Morgan fingerprint density at radius 1 is 0.900 bits per heavy atom. The topological polar surface area (TPSA) is 106 Å². The highest BCUT2D eigenvalue weighted by atomic mass is 32.2. The maximum absolute atomic E-state index is 11.3. The number of benzene rings is 1. The molecule has 7 nitrogen and oxygen atoms in total. The van der Waals surface area contributed by atoms with E-state index in [1.807, 2.05) is 0 Å². The Morgan fingerprint density at radius 2 is 1.55 bits per heavy atom. The summed E-state index contributed by atoms with van der Waals surface area (Å²) in [4.78, 5) is 8.13. The van der Waals surface area contributed by atoms with E-state index in [2.05, 4.69) is 20.2 Å². The van der Waals surface area contributed by atoms with Crippen molar-refractivity contribution in [1.29, 1.82) is 0 Å². The second-order valence-electron chi connectivity index (χ2n) is 3.95. The molecule has 2 aromatic heterocycles. The van der Waals surface area contributed by atoms with Crippen LogP contribution in [0.2, 0.25) is 0 Å². The maximum atomic E-state index is 11.3. The van der Waals surface area contributed by atoms with Crippen LogP contribution in [0.4, 0.5) is 0 Å². The van der Waals surface area contributed by atoms with Gasteiger partial charge < -0.3 is 0 Å². The zero-order chi connectivity index (χ0) is 14.2. The molecule has 0 atom stereocenters. The lowest BCUT2D eigenvalue weighted by Gasteiger charge is -2.06. The second kappa shape index (κ2) is 4.58. The summed E-state index contributed by atoms with van der Waals surface area (Å²) < 4.78 is 31.8. The molecule has 0 saturated carbocycles. The minimum Gasteiger partial charge on any atom is -0.281 e. The number of nitrogens with zero attached hydrogens (tertiary/aromatic N) is 4. The molecule has 0 aliphatic rings. The average molecular weight is 288 g/mol. The van der Waals surface area contributed by atoms with Crippen LogP contribution in [0.25, 0.3) is 22.3 Å². The number of hydrogen-bond acceptors (Lipinski definition) is 6. The van der Waals surface area contributed by atoms with Crippen molar-refractivity contribution >= 4 is 20.9 Å². The van der Waals surface area contributed by atoms with Crippen LogP contribution < -0.4 is 0 Å². The molecule has 0 fully saturated rings. The van der Waals surface area contributed by atoms with Crippen LogP contribution >= 0.6 is 0 Å². The van der Waals surface area contributed by atoms with Crippen molar-refractivity contribution in [1.82, 2.24) is 20.2 Å². The Morgan fingerprint density at radius 3 is 2.20 bits per heavy atom. The van der Waals surface area contributed by atoms with Crippen LogP contribution in [0.1, 0.15) is 0 Å². The van der Waals surface area contributed by atoms with Crippen LogP contribution in [-0.4, -0.2) is 33.1 Å². The zero-order valence-corrected chi connectivity index (χ0v) is 10.8. The molecule has 2 heterocycles.